The zero-order chi connectivity index (χ0) is 33.6. The number of hydrogen-bond donors (Lipinski definition) is 1. The van der Waals surface area contributed by atoms with Crippen LogP contribution in [0, 0.1) is 40.5 Å². The highest BCUT2D eigenvalue weighted by atomic mass is 16.5. The molecule has 3 aromatic carbocycles. The number of aryl methyl sites for hydroxylation is 4. The van der Waals surface area contributed by atoms with Crippen LogP contribution in [0.3, 0.4) is 0 Å². The summed E-state index contributed by atoms with van der Waals surface area (Å²) < 4.78 is 7.14. The number of phenols is 1. The highest BCUT2D eigenvalue weighted by molar-refractivity contribution is 5.83. The molecule has 3 rings (SSSR count). The Morgan fingerprint density at radius 2 is 1.33 bits per heavy atom. The van der Waals surface area contributed by atoms with Crippen LogP contribution < -0.4 is 4.74 Å². The molecule has 0 aliphatic heterocycles. The van der Waals surface area contributed by atoms with Crippen molar-refractivity contribution in [2.75, 3.05) is 0 Å². The minimum atomic E-state index is -0.397. The van der Waals surface area contributed by atoms with Crippen molar-refractivity contribution < 1.29 is 9.84 Å². The molecular weight excluding hydrogens is 548 g/mol. The highest BCUT2D eigenvalue weighted by Gasteiger charge is 2.32. The molecule has 45 heavy (non-hydrogen) atoms. The van der Waals surface area contributed by atoms with Crippen LogP contribution in [0.25, 0.3) is 11.1 Å². The molecule has 0 amide bonds. The van der Waals surface area contributed by atoms with E-state index < -0.39 is 5.60 Å². The fourth-order valence-electron chi connectivity index (χ4n) is 7.11. The van der Waals surface area contributed by atoms with E-state index in [0.717, 1.165) is 60.5 Å². The molecule has 0 heterocycles. The van der Waals surface area contributed by atoms with Crippen molar-refractivity contribution in [3.8, 4) is 22.6 Å². The van der Waals surface area contributed by atoms with Crippen molar-refractivity contribution in [3.05, 3.63) is 80.4 Å². The van der Waals surface area contributed by atoms with Crippen molar-refractivity contribution in [2.45, 2.75) is 159 Å². The first kappa shape index (κ1) is 36.7. The van der Waals surface area contributed by atoms with Crippen molar-refractivity contribution >= 4 is 0 Å². The van der Waals surface area contributed by atoms with Gasteiger partial charge in [0.2, 0.25) is 0 Å². The van der Waals surface area contributed by atoms with Crippen molar-refractivity contribution in [3.63, 3.8) is 0 Å². The minimum Gasteiger partial charge on any atom is -0.507 e. The lowest BCUT2D eigenvalue weighted by atomic mass is 9.77. The SMILES string of the molecule is CCCCC(C)(Cc1c(C(C)C)cc(C)c(C)c1-c1c(C)c(C)cc(C(C)C)c1O)Oc1ccc(CCC(C)CCC)cc1C. The van der Waals surface area contributed by atoms with Gasteiger partial charge >= 0.3 is 0 Å². The molecule has 0 saturated carbocycles. The Morgan fingerprint density at radius 1 is 0.733 bits per heavy atom. The summed E-state index contributed by atoms with van der Waals surface area (Å²) in [6.07, 6.45) is 8.90. The molecule has 0 fully saturated rings. The van der Waals surface area contributed by atoms with Crippen molar-refractivity contribution in [1.82, 2.24) is 0 Å². The van der Waals surface area contributed by atoms with E-state index in [-0.39, 0.29) is 5.92 Å². The van der Waals surface area contributed by atoms with E-state index in [1.165, 1.54) is 63.8 Å². The van der Waals surface area contributed by atoms with Gasteiger partial charge in [-0.3, -0.25) is 0 Å². The van der Waals surface area contributed by atoms with E-state index in [2.05, 4.69) is 120 Å². The normalized spacial score (nSPS) is 13.8. The van der Waals surface area contributed by atoms with Crippen LogP contribution in [0.5, 0.6) is 11.5 Å². The summed E-state index contributed by atoms with van der Waals surface area (Å²) in [5.74, 6) is 2.78. The average molecular weight is 613 g/mol. The zero-order valence-electron chi connectivity index (χ0n) is 31.1. The van der Waals surface area contributed by atoms with Gasteiger partial charge in [-0.05, 0) is 147 Å². The largest absolute Gasteiger partial charge is 0.507 e. The first-order valence-electron chi connectivity index (χ1n) is 17.9. The van der Waals surface area contributed by atoms with E-state index in [1.54, 1.807) is 0 Å². The maximum absolute atomic E-state index is 11.9. The van der Waals surface area contributed by atoms with Gasteiger partial charge in [0.25, 0.3) is 0 Å². The standard InChI is InChI=1S/C43H64O2/c1-14-16-22-43(13,45-39-21-20-35(23-32(39)10)19-18-29(7)17-15-2)26-38-36(27(3)4)24-30(8)33(11)40(38)41-34(12)31(9)25-37(28(5)6)42(41)44/h20-21,23-25,27-29,44H,14-19,22,26H2,1-13H3. The Morgan fingerprint density at radius 3 is 1.89 bits per heavy atom. The van der Waals surface area contributed by atoms with Gasteiger partial charge in [-0.2, -0.15) is 0 Å². The minimum absolute atomic E-state index is 0.236. The molecule has 0 radical (unpaired) electrons. The van der Waals surface area contributed by atoms with Gasteiger partial charge in [0.05, 0.1) is 0 Å². The fourth-order valence-corrected chi connectivity index (χ4v) is 7.11. The van der Waals surface area contributed by atoms with E-state index in [9.17, 15) is 5.11 Å². The molecule has 0 aromatic heterocycles. The molecule has 0 aliphatic rings. The third-order valence-corrected chi connectivity index (χ3v) is 10.2. The highest BCUT2D eigenvalue weighted by Crippen LogP contribution is 2.46. The second kappa shape index (κ2) is 15.7. The lowest BCUT2D eigenvalue weighted by Gasteiger charge is -2.35. The first-order valence-corrected chi connectivity index (χ1v) is 17.9. The maximum atomic E-state index is 11.9. The number of benzene rings is 3. The van der Waals surface area contributed by atoms with E-state index in [0.29, 0.717) is 11.7 Å². The molecule has 1 N–H and O–H groups in total. The summed E-state index contributed by atoms with van der Waals surface area (Å²) in [5.41, 5.74) is 13.1. The summed E-state index contributed by atoms with van der Waals surface area (Å²) in [6, 6.07) is 11.4. The predicted octanol–water partition coefficient (Wildman–Crippen LogP) is 12.8. The molecule has 0 bridgehead atoms. The lowest BCUT2D eigenvalue weighted by molar-refractivity contribution is 0.0758. The van der Waals surface area contributed by atoms with Gasteiger partial charge in [-0.15, -0.1) is 0 Å². The lowest BCUT2D eigenvalue weighted by Crippen LogP contribution is -2.36. The van der Waals surface area contributed by atoms with Crippen LogP contribution in [-0.4, -0.2) is 10.7 Å². The van der Waals surface area contributed by atoms with Crippen LogP contribution in [-0.2, 0) is 12.8 Å². The van der Waals surface area contributed by atoms with Gasteiger partial charge in [-0.1, -0.05) is 92.0 Å². The fraction of sp³-hybridized carbons (Fsp3) is 0.581. The van der Waals surface area contributed by atoms with Crippen LogP contribution in [0.4, 0.5) is 0 Å². The van der Waals surface area contributed by atoms with Crippen LogP contribution in [0.1, 0.15) is 156 Å². The third kappa shape index (κ3) is 8.75. The Balaban J connectivity index is 2.18. The Labute approximate surface area is 277 Å². The predicted molar refractivity (Wildman–Crippen MR) is 197 cm³/mol. The molecular formula is C43H64O2. The van der Waals surface area contributed by atoms with E-state index >= 15 is 0 Å². The Kier molecular flexibility index (Phi) is 12.8. The number of phenolic OH excluding ortho intramolecular Hbond substituents is 1. The van der Waals surface area contributed by atoms with Crippen LogP contribution >= 0.6 is 0 Å². The van der Waals surface area contributed by atoms with Gasteiger partial charge in [0, 0.05) is 12.0 Å². The van der Waals surface area contributed by atoms with Crippen molar-refractivity contribution in [2.24, 2.45) is 5.92 Å². The smallest absolute Gasteiger partial charge is 0.127 e. The molecule has 0 aliphatic carbocycles. The van der Waals surface area contributed by atoms with E-state index in [1.807, 2.05) is 0 Å². The van der Waals surface area contributed by atoms with Gasteiger partial charge in [0.1, 0.15) is 17.1 Å². The third-order valence-electron chi connectivity index (χ3n) is 10.2. The van der Waals surface area contributed by atoms with Gasteiger partial charge in [0.15, 0.2) is 0 Å². The summed E-state index contributed by atoms with van der Waals surface area (Å²) in [4.78, 5) is 0. The molecule has 2 nitrogen and oxygen atoms in total. The summed E-state index contributed by atoms with van der Waals surface area (Å²) in [6.45, 7) is 29.2. The number of ether oxygens (including phenoxy) is 1. The topological polar surface area (TPSA) is 29.5 Å². The Bertz CT molecular complexity index is 1440. The molecule has 2 unspecified atom stereocenters. The summed E-state index contributed by atoms with van der Waals surface area (Å²) in [7, 11) is 0. The number of rotatable bonds is 15. The second-order valence-corrected chi connectivity index (χ2v) is 15.1. The molecule has 2 heteroatoms. The monoisotopic (exact) mass is 612 g/mol. The summed E-state index contributed by atoms with van der Waals surface area (Å²) >= 11 is 0. The summed E-state index contributed by atoms with van der Waals surface area (Å²) in [5, 5.41) is 11.9. The maximum Gasteiger partial charge on any atom is 0.127 e. The van der Waals surface area contributed by atoms with Gasteiger partial charge < -0.3 is 9.84 Å². The van der Waals surface area contributed by atoms with Gasteiger partial charge in [-0.25, -0.2) is 0 Å². The number of unbranched alkanes of at least 4 members (excludes halogenated alkanes) is 1. The number of aromatic hydroxyl groups is 1. The first-order chi connectivity index (χ1) is 21.1. The average Bonchev–Trinajstić information content (AvgIpc) is 2.97. The Hall–Kier alpha value is -2.74. The molecule has 3 aromatic rings. The van der Waals surface area contributed by atoms with Crippen LogP contribution in [0.2, 0.25) is 0 Å². The second-order valence-electron chi connectivity index (χ2n) is 15.1. The van der Waals surface area contributed by atoms with Crippen LogP contribution in [0.15, 0.2) is 30.3 Å². The molecule has 0 spiro atoms. The van der Waals surface area contributed by atoms with E-state index in [4.69, 9.17) is 4.74 Å². The van der Waals surface area contributed by atoms with Crippen molar-refractivity contribution in [1.29, 1.82) is 0 Å². The quantitative estimate of drug-likeness (QED) is 0.185. The molecule has 248 valence electrons. The molecule has 2 atom stereocenters. The molecule has 0 saturated heterocycles. The number of hydrogen-bond acceptors (Lipinski definition) is 2. The zero-order valence-corrected chi connectivity index (χ0v) is 31.1.